The molecule has 0 aromatic carbocycles. The van der Waals surface area contributed by atoms with Gasteiger partial charge in [-0.05, 0) is 0 Å². The summed E-state index contributed by atoms with van der Waals surface area (Å²) in [5.74, 6) is 1.94. The molecule has 0 bridgehead atoms. The molecule has 0 unspecified atom stereocenters. The normalized spacial score (nSPS) is 1.50. The first-order chi connectivity index (χ1) is 1.00. The average Bonchev–Trinajstić information content (AvgIpc) is 1.00. The van der Waals surface area contributed by atoms with Crippen molar-refractivity contribution in [2.75, 3.05) is 0 Å². The average molecular weight is 410 g/mol. The fourth-order valence-corrected chi connectivity index (χ4v) is 0. The third kappa shape index (κ3) is 8.82. The molecular formula is H2AuBFeNd. The minimum absolute atomic E-state index is 0. The monoisotopic (exact) mass is 408 g/mol. The molecule has 0 aromatic rings. The molecule has 0 amide bonds. The molecule has 0 spiro atoms. The van der Waals surface area contributed by atoms with Crippen molar-refractivity contribution >= 4 is 5.93 Å². The molecule has 0 rings (SSSR count). The molecular weight excluding hydrogens is 408 g/mol. The Morgan fingerprint density at radius 3 is 1.25 bits per heavy atom. The van der Waals surface area contributed by atoms with Crippen molar-refractivity contribution in [2.24, 2.45) is 0 Å². The Morgan fingerprint density at radius 1 is 1.25 bits per heavy atom. The van der Waals surface area contributed by atoms with Crippen LogP contribution in [-0.4, -0.2) is 5.93 Å². The second kappa shape index (κ2) is 17.3. The van der Waals surface area contributed by atoms with Gasteiger partial charge in [-0.15, -0.1) is 0 Å². The predicted molar refractivity (Wildman–Crippen MR) is 8.54 cm³/mol. The Balaban J connectivity index is -0.00000000500. The van der Waals surface area contributed by atoms with Crippen molar-refractivity contribution in [3.05, 3.63) is 0 Å². The Labute approximate surface area is 82.9 Å². The molecule has 0 nitrogen and oxygen atoms in total. The number of hydrogen-bond donors (Lipinski definition) is 0. The molecule has 0 saturated carbocycles. The largest absolute Gasteiger partial charge is 0 e. The topological polar surface area (TPSA) is 0 Å². The summed E-state index contributed by atoms with van der Waals surface area (Å²) in [6.07, 6.45) is 0. The molecule has 0 aliphatic carbocycles. The molecule has 0 aromatic heterocycles. The summed E-state index contributed by atoms with van der Waals surface area (Å²) in [6, 6.07) is 0. The van der Waals surface area contributed by atoms with Gasteiger partial charge < -0.3 is 0 Å². The minimum atomic E-state index is 0. The summed E-state index contributed by atoms with van der Waals surface area (Å²) in [6.45, 7) is 0. The van der Waals surface area contributed by atoms with Crippen LogP contribution in [0.4, 0.5) is 0 Å². The van der Waals surface area contributed by atoms with Crippen molar-refractivity contribution in [2.45, 2.75) is 0 Å². The van der Waals surface area contributed by atoms with Crippen molar-refractivity contribution < 1.29 is 78.8 Å². The van der Waals surface area contributed by atoms with E-state index in [0.717, 1.165) is 0 Å². The molecule has 4 heavy (non-hydrogen) atoms. The van der Waals surface area contributed by atoms with Crippen molar-refractivity contribution in [1.29, 1.82) is 0 Å². The Morgan fingerprint density at radius 2 is 1.25 bits per heavy atom. The van der Waals surface area contributed by atoms with Crippen LogP contribution in [-0.2, 0) is 37.9 Å². The SMILES string of the molecule is [BH2][Au].[Fe].[Nd]. The van der Waals surface area contributed by atoms with Gasteiger partial charge in [0.1, 0.15) is 0 Å². The Bertz CT molecular complexity index is 8.00. The maximum absolute atomic E-state index is 2.28. The maximum atomic E-state index is 2.28. The molecule has 0 radical (unpaired) electrons. The van der Waals surface area contributed by atoms with Gasteiger partial charge >= 0.3 is 26.8 Å². The molecule has 0 fully saturated rings. The standard InChI is InChI=1S/Au.BH2.Fe.Nd/h;1H2;;/q-1;+1;;. The Hall–Kier alpha value is 2.68. The molecule has 4 heteroatoms. The van der Waals surface area contributed by atoms with Crippen LogP contribution in [0.2, 0.25) is 0 Å². The summed E-state index contributed by atoms with van der Waals surface area (Å²) in [5, 5.41) is 0. The smallest absolute Gasteiger partial charge is 0 e. The second-order valence-corrected chi connectivity index (χ2v) is 0. The van der Waals surface area contributed by atoms with E-state index in [1.54, 1.807) is 0 Å². The van der Waals surface area contributed by atoms with Gasteiger partial charge in [-0.3, -0.25) is 0 Å². The van der Waals surface area contributed by atoms with E-state index in [1.165, 1.54) is 0 Å². The van der Waals surface area contributed by atoms with E-state index in [1.807, 2.05) is 5.93 Å². The van der Waals surface area contributed by atoms with Gasteiger partial charge in [0.15, 0.2) is 0 Å². The molecule has 0 heterocycles. The van der Waals surface area contributed by atoms with Crippen LogP contribution in [0.15, 0.2) is 0 Å². The van der Waals surface area contributed by atoms with E-state index in [2.05, 4.69) is 20.9 Å². The molecule has 0 N–H and O–H groups in total. The Kier molecular flexibility index (Phi) is 69.0. The number of hydrogen-bond acceptors (Lipinski definition) is 0. The van der Waals surface area contributed by atoms with Gasteiger partial charge in [0.25, 0.3) is 0 Å². The fraction of sp³-hybridized carbons (Fsp3) is 0. The first-order valence-corrected chi connectivity index (χ1v) is 2.47. The maximum Gasteiger partial charge on any atom is 0 e. The van der Waals surface area contributed by atoms with E-state index < -0.39 is 0 Å². The van der Waals surface area contributed by atoms with Crippen LogP contribution >= 0.6 is 0 Å². The van der Waals surface area contributed by atoms with Gasteiger partial charge in [0.2, 0.25) is 0 Å². The van der Waals surface area contributed by atoms with Crippen LogP contribution in [0.25, 0.3) is 0 Å². The zero-order valence-corrected chi connectivity index (χ0v) is 8.63. The molecule has 0 aliphatic rings. The van der Waals surface area contributed by atoms with Crippen molar-refractivity contribution in [1.82, 2.24) is 0 Å². The summed E-state index contributed by atoms with van der Waals surface area (Å²) >= 11 is 2.28. The van der Waals surface area contributed by atoms with Gasteiger partial charge in [-0.2, -0.15) is 0 Å². The quantitative estimate of drug-likeness (QED) is 0.454. The van der Waals surface area contributed by atoms with E-state index in [4.69, 9.17) is 0 Å². The fourth-order valence-electron chi connectivity index (χ4n) is 0. The van der Waals surface area contributed by atoms with E-state index in [-0.39, 0.29) is 57.9 Å². The van der Waals surface area contributed by atoms with Crippen LogP contribution in [0.3, 0.4) is 0 Å². The first kappa shape index (κ1) is 15.9. The zero-order chi connectivity index (χ0) is 2.00. The summed E-state index contributed by atoms with van der Waals surface area (Å²) in [5.41, 5.74) is 0. The van der Waals surface area contributed by atoms with Crippen molar-refractivity contribution in [3.8, 4) is 0 Å². The summed E-state index contributed by atoms with van der Waals surface area (Å²) in [4.78, 5) is 0. The van der Waals surface area contributed by atoms with E-state index in [9.17, 15) is 0 Å². The molecule has 28 valence electrons. The van der Waals surface area contributed by atoms with Gasteiger partial charge in [0.05, 0.1) is 0 Å². The first-order valence-electron chi connectivity index (χ1n) is 0.302. The molecule has 0 saturated heterocycles. The molecule has 0 aliphatic heterocycles. The third-order valence-electron chi connectivity index (χ3n) is 0. The van der Waals surface area contributed by atoms with Crippen LogP contribution in [0.1, 0.15) is 0 Å². The van der Waals surface area contributed by atoms with E-state index in [0.29, 0.717) is 0 Å². The second-order valence-electron chi connectivity index (χ2n) is 0. The zero-order valence-electron chi connectivity index (χ0n) is 2.16. The van der Waals surface area contributed by atoms with Crippen molar-refractivity contribution in [3.63, 3.8) is 0 Å². The van der Waals surface area contributed by atoms with Crippen LogP contribution in [0.5, 0.6) is 0 Å². The van der Waals surface area contributed by atoms with Gasteiger partial charge in [-0.1, -0.05) is 0 Å². The third-order valence-corrected chi connectivity index (χ3v) is 0. The molecule has 0 atom stereocenters. The summed E-state index contributed by atoms with van der Waals surface area (Å²) in [7, 11) is 0. The minimum Gasteiger partial charge on any atom is 0 e. The van der Waals surface area contributed by atoms with Crippen LogP contribution in [0, 0.1) is 40.8 Å². The van der Waals surface area contributed by atoms with E-state index >= 15 is 0 Å². The van der Waals surface area contributed by atoms with Gasteiger partial charge in [0, 0.05) is 57.9 Å². The van der Waals surface area contributed by atoms with Gasteiger partial charge in [-0.25, -0.2) is 0 Å². The van der Waals surface area contributed by atoms with Crippen LogP contribution < -0.4 is 0 Å². The number of rotatable bonds is 0. The predicted octanol–water partition coefficient (Wildman–Crippen LogP) is -0.921. The summed E-state index contributed by atoms with van der Waals surface area (Å²) < 4.78 is 0.